The van der Waals surface area contributed by atoms with Gasteiger partial charge in [-0.3, -0.25) is 4.98 Å². The lowest BCUT2D eigenvalue weighted by Crippen LogP contribution is -1.99. The van der Waals surface area contributed by atoms with Crippen LogP contribution in [-0.4, -0.2) is 18.2 Å². The van der Waals surface area contributed by atoms with Crippen LogP contribution in [-0.2, 0) is 11.2 Å². The summed E-state index contributed by atoms with van der Waals surface area (Å²) in [5.74, 6) is 0. The molecule has 0 amide bonds. The summed E-state index contributed by atoms with van der Waals surface area (Å²) >= 11 is 0. The normalized spacial score (nSPS) is 9.25. The maximum atomic E-state index is 8.17. The predicted octanol–water partition coefficient (Wildman–Crippen LogP) is 1.16. The molecule has 0 unspecified atom stereocenters. The van der Waals surface area contributed by atoms with Crippen molar-refractivity contribution < 1.29 is 4.74 Å². The summed E-state index contributed by atoms with van der Waals surface area (Å²) in [4.78, 5) is 4.11. The molecule has 0 aromatic carbocycles. The standard InChI is InChI=1S/C9H10N2O/c10-5-8-12-7-4-9-3-1-2-6-11-9/h1-3,6H,4,7-8H2. The van der Waals surface area contributed by atoms with Crippen LogP contribution in [0, 0.1) is 11.3 Å². The van der Waals surface area contributed by atoms with E-state index in [2.05, 4.69) is 4.98 Å². The molecule has 0 bridgehead atoms. The molecule has 1 aromatic heterocycles. The number of pyridine rings is 1. The largest absolute Gasteiger partial charge is 0.366 e. The van der Waals surface area contributed by atoms with Gasteiger partial charge in [-0.2, -0.15) is 5.26 Å². The first kappa shape index (κ1) is 8.69. The van der Waals surface area contributed by atoms with Crippen LogP contribution < -0.4 is 0 Å². The number of hydrogen-bond donors (Lipinski definition) is 0. The summed E-state index contributed by atoms with van der Waals surface area (Å²) in [5, 5.41) is 8.17. The summed E-state index contributed by atoms with van der Waals surface area (Å²) in [6.45, 7) is 0.720. The van der Waals surface area contributed by atoms with Gasteiger partial charge in [0.2, 0.25) is 0 Å². The zero-order valence-electron chi connectivity index (χ0n) is 6.73. The van der Waals surface area contributed by atoms with Crippen LogP contribution in [0.3, 0.4) is 0 Å². The molecule has 1 aromatic rings. The van der Waals surface area contributed by atoms with Gasteiger partial charge >= 0.3 is 0 Å². The van der Waals surface area contributed by atoms with Gasteiger partial charge in [0.25, 0.3) is 0 Å². The van der Waals surface area contributed by atoms with E-state index in [0.29, 0.717) is 6.61 Å². The van der Waals surface area contributed by atoms with Gasteiger partial charge in [0.1, 0.15) is 6.61 Å². The highest BCUT2D eigenvalue weighted by Crippen LogP contribution is 1.94. The lowest BCUT2D eigenvalue weighted by molar-refractivity contribution is 0.169. The van der Waals surface area contributed by atoms with Gasteiger partial charge in [0.15, 0.2) is 0 Å². The van der Waals surface area contributed by atoms with E-state index in [1.807, 2.05) is 24.3 Å². The molecule has 1 rings (SSSR count). The molecule has 0 aliphatic heterocycles. The average Bonchev–Trinajstić information content (AvgIpc) is 2.14. The quantitative estimate of drug-likeness (QED) is 0.624. The highest BCUT2D eigenvalue weighted by atomic mass is 16.5. The van der Waals surface area contributed by atoms with Gasteiger partial charge < -0.3 is 4.74 Å². The van der Waals surface area contributed by atoms with Crippen molar-refractivity contribution in [3.05, 3.63) is 30.1 Å². The van der Waals surface area contributed by atoms with Crippen molar-refractivity contribution >= 4 is 0 Å². The van der Waals surface area contributed by atoms with Crippen molar-refractivity contribution in [2.75, 3.05) is 13.2 Å². The summed E-state index contributed by atoms with van der Waals surface area (Å²) in [5.41, 5.74) is 0.996. The Hall–Kier alpha value is -1.40. The molecule has 0 N–H and O–H groups in total. The van der Waals surface area contributed by atoms with Gasteiger partial charge in [0, 0.05) is 18.3 Å². The molecule has 3 heteroatoms. The first-order valence-electron chi connectivity index (χ1n) is 3.78. The summed E-state index contributed by atoms with van der Waals surface area (Å²) in [6.07, 6.45) is 2.52. The van der Waals surface area contributed by atoms with Crippen molar-refractivity contribution in [3.63, 3.8) is 0 Å². The van der Waals surface area contributed by atoms with Crippen LogP contribution in [0.4, 0.5) is 0 Å². The molecule has 0 saturated heterocycles. The Morgan fingerprint density at radius 3 is 3.08 bits per heavy atom. The molecule has 12 heavy (non-hydrogen) atoms. The van der Waals surface area contributed by atoms with Gasteiger partial charge in [-0.25, -0.2) is 0 Å². The van der Waals surface area contributed by atoms with Crippen LogP contribution in [0.1, 0.15) is 5.69 Å². The van der Waals surface area contributed by atoms with Crippen molar-refractivity contribution in [2.45, 2.75) is 6.42 Å². The van der Waals surface area contributed by atoms with E-state index in [0.717, 1.165) is 12.1 Å². The summed E-state index contributed by atoms with van der Waals surface area (Å²) in [6, 6.07) is 7.66. The van der Waals surface area contributed by atoms with Crippen LogP contribution in [0.15, 0.2) is 24.4 Å². The Kier molecular flexibility index (Phi) is 3.82. The monoisotopic (exact) mass is 162 g/mol. The Bertz CT molecular complexity index is 253. The first-order valence-corrected chi connectivity index (χ1v) is 3.78. The first-order chi connectivity index (χ1) is 5.93. The molecule has 0 atom stereocenters. The van der Waals surface area contributed by atoms with Crippen LogP contribution >= 0.6 is 0 Å². The zero-order chi connectivity index (χ0) is 8.65. The number of nitrogens with zero attached hydrogens (tertiary/aromatic N) is 2. The number of rotatable bonds is 4. The predicted molar refractivity (Wildman–Crippen MR) is 44.4 cm³/mol. The SMILES string of the molecule is N#CCOCCc1ccccn1. The maximum Gasteiger partial charge on any atom is 0.133 e. The molecule has 0 aliphatic rings. The van der Waals surface area contributed by atoms with Gasteiger partial charge in [-0.05, 0) is 12.1 Å². The Balaban J connectivity index is 2.21. The highest BCUT2D eigenvalue weighted by Gasteiger charge is 1.91. The molecular weight excluding hydrogens is 152 g/mol. The maximum absolute atomic E-state index is 8.17. The average molecular weight is 162 g/mol. The minimum Gasteiger partial charge on any atom is -0.366 e. The van der Waals surface area contributed by atoms with Crippen molar-refractivity contribution in [3.8, 4) is 6.07 Å². The molecule has 0 fully saturated rings. The van der Waals surface area contributed by atoms with E-state index >= 15 is 0 Å². The Morgan fingerprint density at radius 2 is 2.42 bits per heavy atom. The molecular formula is C9H10N2O. The lowest BCUT2D eigenvalue weighted by atomic mass is 10.3. The molecule has 3 nitrogen and oxygen atoms in total. The number of ether oxygens (including phenoxy) is 1. The third-order valence-corrected chi connectivity index (χ3v) is 1.40. The lowest BCUT2D eigenvalue weighted by Gasteiger charge is -1.98. The van der Waals surface area contributed by atoms with Crippen LogP contribution in [0.25, 0.3) is 0 Å². The topological polar surface area (TPSA) is 45.9 Å². The second-order valence-electron chi connectivity index (χ2n) is 2.28. The van der Waals surface area contributed by atoms with E-state index in [1.54, 1.807) is 6.20 Å². The Labute approximate surface area is 71.6 Å². The molecule has 1 heterocycles. The van der Waals surface area contributed by atoms with E-state index in [1.165, 1.54) is 0 Å². The van der Waals surface area contributed by atoms with E-state index in [9.17, 15) is 0 Å². The van der Waals surface area contributed by atoms with Crippen LogP contribution in [0.5, 0.6) is 0 Å². The molecule has 0 spiro atoms. The number of nitriles is 1. The number of aromatic nitrogens is 1. The minimum absolute atomic E-state index is 0.160. The fraction of sp³-hybridized carbons (Fsp3) is 0.333. The van der Waals surface area contributed by atoms with Crippen molar-refractivity contribution in [2.24, 2.45) is 0 Å². The minimum atomic E-state index is 0.160. The van der Waals surface area contributed by atoms with Crippen LogP contribution in [0.2, 0.25) is 0 Å². The van der Waals surface area contributed by atoms with Gasteiger partial charge in [0.05, 0.1) is 12.7 Å². The second-order valence-corrected chi connectivity index (χ2v) is 2.28. The molecule has 0 aliphatic carbocycles. The van der Waals surface area contributed by atoms with E-state index in [4.69, 9.17) is 10.00 Å². The van der Waals surface area contributed by atoms with E-state index < -0.39 is 0 Å². The number of hydrogen-bond acceptors (Lipinski definition) is 3. The summed E-state index contributed by atoms with van der Waals surface area (Å²) in [7, 11) is 0. The van der Waals surface area contributed by atoms with E-state index in [-0.39, 0.29) is 6.61 Å². The van der Waals surface area contributed by atoms with Crippen molar-refractivity contribution in [1.29, 1.82) is 5.26 Å². The van der Waals surface area contributed by atoms with Gasteiger partial charge in [-0.15, -0.1) is 0 Å². The fourth-order valence-corrected chi connectivity index (χ4v) is 0.841. The second kappa shape index (κ2) is 5.28. The fourth-order valence-electron chi connectivity index (χ4n) is 0.841. The third-order valence-electron chi connectivity index (χ3n) is 1.40. The van der Waals surface area contributed by atoms with Gasteiger partial charge in [-0.1, -0.05) is 6.07 Å². The molecule has 0 saturated carbocycles. The highest BCUT2D eigenvalue weighted by molar-refractivity contribution is 5.03. The molecule has 0 radical (unpaired) electrons. The zero-order valence-corrected chi connectivity index (χ0v) is 6.73. The van der Waals surface area contributed by atoms with Crippen molar-refractivity contribution in [1.82, 2.24) is 4.98 Å². The smallest absolute Gasteiger partial charge is 0.133 e. The summed E-state index contributed by atoms with van der Waals surface area (Å²) < 4.78 is 4.99. The Morgan fingerprint density at radius 1 is 1.50 bits per heavy atom. The molecule has 62 valence electrons. The third kappa shape index (κ3) is 3.13.